The zero-order chi connectivity index (χ0) is 11.7. The van der Waals surface area contributed by atoms with Crippen LogP contribution >= 0.6 is 11.6 Å². The van der Waals surface area contributed by atoms with Crippen molar-refractivity contribution in [2.45, 2.75) is 32.7 Å². The van der Waals surface area contributed by atoms with Crippen molar-refractivity contribution in [2.24, 2.45) is 0 Å². The normalized spacial score (nSPS) is 12.1. The van der Waals surface area contributed by atoms with E-state index in [1.165, 1.54) is 0 Å². The Labute approximate surface area is 88.8 Å². The van der Waals surface area contributed by atoms with E-state index in [0.29, 0.717) is 0 Å². The van der Waals surface area contributed by atoms with Gasteiger partial charge >= 0.3 is 0 Å². The van der Waals surface area contributed by atoms with Crippen molar-refractivity contribution >= 4 is 11.6 Å². The molecule has 0 radical (unpaired) electrons. The van der Waals surface area contributed by atoms with Crippen molar-refractivity contribution < 1.29 is 17.6 Å². The number of hydrogen-bond acceptors (Lipinski definition) is 1. The standard InChI is InChI=1S/C8H9ClF4N2/c1-3(2)15-6(8(12)13)4(9)5(14-15)7(10)11/h3,7-8H,1-2H3. The van der Waals surface area contributed by atoms with Crippen LogP contribution in [-0.2, 0) is 0 Å². The van der Waals surface area contributed by atoms with Crippen molar-refractivity contribution in [3.05, 3.63) is 16.4 Å². The third-order valence-electron chi connectivity index (χ3n) is 1.81. The molecule has 15 heavy (non-hydrogen) atoms. The predicted molar refractivity (Wildman–Crippen MR) is 47.5 cm³/mol. The zero-order valence-corrected chi connectivity index (χ0v) is 8.77. The fourth-order valence-corrected chi connectivity index (χ4v) is 1.46. The second-order valence-corrected chi connectivity index (χ2v) is 3.60. The summed E-state index contributed by atoms with van der Waals surface area (Å²) in [5, 5.41) is 2.74. The molecule has 1 aromatic heterocycles. The van der Waals surface area contributed by atoms with E-state index in [-0.39, 0.29) is 0 Å². The van der Waals surface area contributed by atoms with Gasteiger partial charge in [-0.05, 0) is 13.8 Å². The van der Waals surface area contributed by atoms with Gasteiger partial charge in [0.1, 0.15) is 11.4 Å². The van der Waals surface area contributed by atoms with Gasteiger partial charge in [-0.25, -0.2) is 17.6 Å². The molecule has 0 N–H and O–H groups in total. The highest BCUT2D eigenvalue weighted by atomic mass is 35.5. The highest BCUT2D eigenvalue weighted by molar-refractivity contribution is 6.32. The van der Waals surface area contributed by atoms with Crippen LogP contribution in [-0.4, -0.2) is 9.78 Å². The monoisotopic (exact) mass is 244 g/mol. The molecule has 0 saturated heterocycles. The molecule has 7 heteroatoms. The Morgan fingerprint density at radius 3 is 1.93 bits per heavy atom. The fourth-order valence-electron chi connectivity index (χ4n) is 1.17. The van der Waals surface area contributed by atoms with E-state index in [1.54, 1.807) is 13.8 Å². The Morgan fingerprint density at radius 2 is 1.67 bits per heavy atom. The van der Waals surface area contributed by atoms with E-state index < -0.39 is 35.3 Å². The topological polar surface area (TPSA) is 17.8 Å². The molecular formula is C8H9ClF4N2. The minimum atomic E-state index is -2.95. The van der Waals surface area contributed by atoms with Crippen LogP contribution in [0, 0.1) is 0 Å². The first kappa shape index (κ1) is 12.3. The molecule has 86 valence electrons. The van der Waals surface area contributed by atoms with Crippen LogP contribution in [0.5, 0.6) is 0 Å². The second-order valence-electron chi connectivity index (χ2n) is 3.22. The molecule has 1 heterocycles. The summed E-state index contributed by atoms with van der Waals surface area (Å²) in [5.41, 5.74) is -1.44. The molecule has 0 bridgehead atoms. The van der Waals surface area contributed by atoms with Gasteiger partial charge in [-0.15, -0.1) is 0 Å². The average molecular weight is 245 g/mol. The number of rotatable bonds is 3. The third kappa shape index (κ3) is 2.25. The fraction of sp³-hybridized carbons (Fsp3) is 0.625. The first-order valence-electron chi connectivity index (χ1n) is 4.20. The summed E-state index contributed by atoms with van der Waals surface area (Å²) in [4.78, 5) is 0. The van der Waals surface area contributed by atoms with Gasteiger partial charge in [-0.3, -0.25) is 4.68 Å². The highest BCUT2D eigenvalue weighted by Crippen LogP contribution is 2.35. The van der Waals surface area contributed by atoms with Crippen LogP contribution < -0.4 is 0 Å². The maximum absolute atomic E-state index is 12.5. The quantitative estimate of drug-likeness (QED) is 0.735. The van der Waals surface area contributed by atoms with Crippen LogP contribution in [0.1, 0.15) is 44.1 Å². The van der Waals surface area contributed by atoms with E-state index in [9.17, 15) is 17.6 Å². The SMILES string of the molecule is CC(C)n1nc(C(F)F)c(Cl)c1C(F)F. The average Bonchev–Trinajstić information content (AvgIpc) is 2.42. The Balaban J connectivity index is 3.33. The molecule has 0 amide bonds. The number of alkyl halides is 4. The van der Waals surface area contributed by atoms with Gasteiger partial charge < -0.3 is 0 Å². The van der Waals surface area contributed by atoms with Crippen molar-refractivity contribution in [2.75, 3.05) is 0 Å². The summed E-state index contributed by atoms with van der Waals surface area (Å²) < 4.78 is 50.6. The van der Waals surface area contributed by atoms with Crippen molar-refractivity contribution in [1.82, 2.24) is 9.78 Å². The van der Waals surface area contributed by atoms with Gasteiger partial charge in [0.25, 0.3) is 12.9 Å². The molecule has 0 atom stereocenters. The summed E-state index contributed by atoms with van der Waals surface area (Å²) in [5.74, 6) is 0. The molecule has 0 fully saturated rings. The van der Waals surface area contributed by atoms with Gasteiger partial charge in [0.15, 0.2) is 0 Å². The van der Waals surface area contributed by atoms with E-state index >= 15 is 0 Å². The van der Waals surface area contributed by atoms with Gasteiger partial charge in [0, 0.05) is 6.04 Å². The van der Waals surface area contributed by atoms with E-state index in [1.807, 2.05) is 0 Å². The van der Waals surface area contributed by atoms with Crippen LogP contribution in [0.25, 0.3) is 0 Å². The highest BCUT2D eigenvalue weighted by Gasteiger charge is 2.28. The Morgan fingerprint density at radius 1 is 1.13 bits per heavy atom. The first-order chi connectivity index (χ1) is 6.86. The third-order valence-corrected chi connectivity index (χ3v) is 2.20. The smallest absolute Gasteiger partial charge is 0.259 e. The lowest BCUT2D eigenvalue weighted by Gasteiger charge is -2.09. The maximum Gasteiger partial charge on any atom is 0.283 e. The molecule has 1 rings (SSSR count). The van der Waals surface area contributed by atoms with Gasteiger partial charge in [-0.1, -0.05) is 11.6 Å². The van der Waals surface area contributed by atoms with Crippen LogP contribution in [0.15, 0.2) is 0 Å². The number of nitrogens with zero attached hydrogens (tertiary/aromatic N) is 2. The minimum absolute atomic E-state index is 0.445. The van der Waals surface area contributed by atoms with E-state index in [4.69, 9.17) is 11.6 Å². The number of halogens is 5. The van der Waals surface area contributed by atoms with E-state index in [2.05, 4.69) is 5.10 Å². The molecule has 1 aromatic rings. The van der Waals surface area contributed by atoms with E-state index in [0.717, 1.165) is 4.68 Å². The molecule has 0 aromatic carbocycles. The first-order valence-corrected chi connectivity index (χ1v) is 4.58. The summed E-state index contributed by atoms with van der Waals surface area (Å²) in [6, 6.07) is -0.445. The molecule has 2 nitrogen and oxygen atoms in total. The lowest BCUT2D eigenvalue weighted by molar-refractivity contribution is 0.137. The van der Waals surface area contributed by atoms with Gasteiger partial charge in [0.05, 0.1) is 5.02 Å². The largest absolute Gasteiger partial charge is 0.283 e. The Bertz CT molecular complexity index is 349. The van der Waals surface area contributed by atoms with Gasteiger partial charge in [-0.2, -0.15) is 5.10 Å². The van der Waals surface area contributed by atoms with Crippen LogP contribution in [0.2, 0.25) is 5.02 Å². The van der Waals surface area contributed by atoms with Gasteiger partial charge in [0.2, 0.25) is 0 Å². The van der Waals surface area contributed by atoms with Crippen LogP contribution in [0.4, 0.5) is 17.6 Å². The molecule has 0 saturated carbocycles. The summed E-state index contributed by atoms with van der Waals surface area (Å²) in [6.07, 6.45) is -5.87. The molecule has 0 aliphatic carbocycles. The molecule has 0 aliphatic rings. The Hall–Kier alpha value is -0.780. The van der Waals surface area contributed by atoms with Crippen molar-refractivity contribution in [3.63, 3.8) is 0 Å². The molecule has 0 aliphatic heterocycles. The number of aromatic nitrogens is 2. The Kier molecular flexibility index (Phi) is 3.59. The molecule has 0 unspecified atom stereocenters. The minimum Gasteiger partial charge on any atom is -0.259 e. The molecular weight excluding hydrogens is 236 g/mol. The lowest BCUT2D eigenvalue weighted by atomic mass is 10.3. The summed E-state index contributed by atoms with van der Waals surface area (Å²) in [7, 11) is 0. The number of hydrogen-bond donors (Lipinski definition) is 0. The summed E-state index contributed by atoms with van der Waals surface area (Å²) >= 11 is 5.42. The predicted octanol–water partition coefficient (Wildman–Crippen LogP) is 3.99. The zero-order valence-electron chi connectivity index (χ0n) is 8.02. The maximum atomic E-state index is 12.5. The lowest BCUT2D eigenvalue weighted by Crippen LogP contribution is -2.08. The van der Waals surface area contributed by atoms with Crippen molar-refractivity contribution in [1.29, 1.82) is 0 Å². The molecule has 0 spiro atoms. The second kappa shape index (κ2) is 4.38. The van der Waals surface area contributed by atoms with Crippen LogP contribution in [0.3, 0.4) is 0 Å². The summed E-state index contributed by atoms with van der Waals surface area (Å²) in [6.45, 7) is 3.12. The van der Waals surface area contributed by atoms with Crippen molar-refractivity contribution in [3.8, 4) is 0 Å².